The van der Waals surface area contributed by atoms with E-state index in [-0.39, 0.29) is 0 Å². The fraction of sp³-hybridized carbons (Fsp3) is 0.500. The number of piperazine rings is 1. The van der Waals surface area contributed by atoms with Crippen LogP contribution in [0.1, 0.15) is 30.5 Å². The van der Waals surface area contributed by atoms with Crippen molar-refractivity contribution >= 4 is 17.8 Å². The van der Waals surface area contributed by atoms with E-state index < -0.39 is 0 Å². The van der Waals surface area contributed by atoms with Crippen LogP contribution in [-0.4, -0.2) is 60.9 Å². The van der Waals surface area contributed by atoms with Gasteiger partial charge in [0.1, 0.15) is 12.1 Å². The van der Waals surface area contributed by atoms with Crippen molar-refractivity contribution in [1.29, 1.82) is 0 Å². The van der Waals surface area contributed by atoms with Gasteiger partial charge in [-0.1, -0.05) is 0 Å². The number of fused-ring (bicyclic) bond motifs is 1. The quantitative estimate of drug-likeness (QED) is 0.615. The van der Waals surface area contributed by atoms with Gasteiger partial charge >= 0.3 is 0 Å². The third-order valence-electron chi connectivity index (χ3n) is 5.73. The van der Waals surface area contributed by atoms with Crippen LogP contribution in [0.25, 0.3) is 11.4 Å². The molecular formula is C22H29N5O. The smallest absolute Gasteiger partial charge is 0.161 e. The van der Waals surface area contributed by atoms with E-state index in [1.807, 2.05) is 0 Å². The highest BCUT2D eigenvalue weighted by molar-refractivity contribution is 5.64. The van der Waals surface area contributed by atoms with Crippen molar-refractivity contribution in [1.82, 2.24) is 14.9 Å². The maximum absolute atomic E-state index is 10.7. The number of aldehydes is 1. The fourth-order valence-electron chi connectivity index (χ4n) is 4.00. The minimum Gasteiger partial charge on any atom is -0.369 e. The number of nitrogens with zero attached hydrogens (tertiary/aromatic N) is 4. The van der Waals surface area contributed by atoms with Gasteiger partial charge in [0.25, 0.3) is 0 Å². The molecule has 0 spiro atoms. The largest absolute Gasteiger partial charge is 0.369 e. The van der Waals surface area contributed by atoms with Crippen LogP contribution in [0.2, 0.25) is 0 Å². The van der Waals surface area contributed by atoms with Crippen LogP contribution in [0, 0.1) is 0 Å². The molecule has 6 nitrogen and oxygen atoms in total. The summed E-state index contributed by atoms with van der Waals surface area (Å²) < 4.78 is 0. The molecule has 0 radical (unpaired) electrons. The summed E-state index contributed by atoms with van der Waals surface area (Å²) in [7, 11) is 2.18. The van der Waals surface area contributed by atoms with Gasteiger partial charge in [-0.15, -0.1) is 0 Å². The van der Waals surface area contributed by atoms with Crippen LogP contribution in [0.5, 0.6) is 0 Å². The van der Waals surface area contributed by atoms with Crippen LogP contribution in [0.3, 0.4) is 0 Å². The molecule has 1 aromatic carbocycles. The second-order valence-corrected chi connectivity index (χ2v) is 7.75. The van der Waals surface area contributed by atoms with Gasteiger partial charge < -0.3 is 19.9 Å². The molecular weight excluding hydrogens is 350 g/mol. The lowest BCUT2D eigenvalue weighted by Gasteiger charge is -2.34. The van der Waals surface area contributed by atoms with Gasteiger partial charge in [-0.2, -0.15) is 0 Å². The van der Waals surface area contributed by atoms with Crippen LogP contribution in [0.15, 0.2) is 24.3 Å². The van der Waals surface area contributed by atoms with Crippen molar-refractivity contribution in [2.24, 2.45) is 0 Å². The summed E-state index contributed by atoms with van der Waals surface area (Å²) in [5, 5.41) is 3.36. The molecule has 6 heteroatoms. The maximum atomic E-state index is 10.7. The number of carbonyl (C=O) groups is 1. The average Bonchev–Trinajstić information content (AvgIpc) is 2.74. The van der Waals surface area contributed by atoms with E-state index >= 15 is 0 Å². The Bertz CT molecular complexity index is 812. The Hall–Kier alpha value is -2.47. The zero-order chi connectivity index (χ0) is 19.3. The first-order valence-electron chi connectivity index (χ1n) is 10.4. The van der Waals surface area contributed by atoms with Crippen molar-refractivity contribution in [3.63, 3.8) is 0 Å². The third kappa shape index (κ3) is 4.17. The lowest BCUT2D eigenvalue weighted by Crippen LogP contribution is -2.44. The Kier molecular flexibility index (Phi) is 5.86. The van der Waals surface area contributed by atoms with Crippen LogP contribution >= 0.6 is 0 Å². The lowest BCUT2D eigenvalue weighted by molar-refractivity contribution is -0.107. The first kappa shape index (κ1) is 18.9. The number of anilines is 2. The van der Waals surface area contributed by atoms with Crippen LogP contribution < -0.4 is 10.2 Å². The maximum Gasteiger partial charge on any atom is 0.161 e. The molecule has 2 heterocycles. The van der Waals surface area contributed by atoms with Crippen LogP contribution in [0.4, 0.5) is 11.5 Å². The number of nitrogens with one attached hydrogen (secondary N) is 1. The third-order valence-corrected chi connectivity index (χ3v) is 5.73. The minimum atomic E-state index is 0.494. The zero-order valence-electron chi connectivity index (χ0n) is 16.7. The Morgan fingerprint density at radius 1 is 1.04 bits per heavy atom. The monoisotopic (exact) mass is 379 g/mol. The predicted octanol–water partition coefficient (Wildman–Crippen LogP) is 2.78. The molecule has 28 heavy (non-hydrogen) atoms. The molecule has 2 aromatic rings. The van der Waals surface area contributed by atoms with Gasteiger partial charge in [0.05, 0.1) is 0 Å². The van der Waals surface area contributed by atoms with Crippen LogP contribution in [-0.2, 0) is 17.6 Å². The first-order chi connectivity index (χ1) is 13.7. The molecule has 0 amide bonds. The van der Waals surface area contributed by atoms with Crippen molar-refractivity contribution in [3.8, 4) is 11.4 Å². The van der Waals surface area contributed by atoms with E-state index in [1.54, 1.807) is 0 Å². The van der Waals surface area contributed by atoms with Crippen molar-refractivity contribution in [2.45, 2.75) is 32.1 Å². The number of likely N-dealkylation sites (N-methyl/N-ethyl adjacent to an activating group) is 1. The number of aromatic nitrogens is 2. The molecule has 1 fully saturated rings. The summed E-state index contributed by atoms with van der Waals surface area (Å²) in [6, 6.07) is 8.63. The number of carbonyl (C=O) groups excluding carboxylic acids is 1. The predicted molar refractivity (Wildman–Crippen MR) is 113 cm³/mol. The molecule has 148 valence electrons. The van der Waals surface area contributed by atoms with Gasteiger partial charge in [0.2, 0.25) is 0 Å². The molecule has 1 aliphatic carbocycles. The zero-order valence-corrected chi connectivity index (χ0v) is 16.7. The topological polar surface area (TPSA) is 61.4 Å². The van der Waals surface area contributed by atoms with E-state index in [0.717, 1.165) is 68.2 Å². The number of rotatable bonds is 6. The molecule has 0 bridgehead atoms. The van der Waals surface area contributed by atoms with E-state index in [1.165, 1.54) is 24.1 Å². The van der Waals surface area contributed by atoms with E-state index in [2.05, 4.69) is 46.4 Å². The Balaban J connectivity index is 1.57. The molecule has 0 saturated carbocycles. The second-order valence-electron chi connectivity index (χ2n) is 7.75. The second kappa shape index (κ2) is 8.69. The van der Waals surface area contributed by atoms with Gasteiger partial charge in [0, 0.05) is 61.7 Å². The Morgan fingerprint density at radius 3 is 2.54 bits per heavy atom. The summed E-state index contributed by atoms with van der Waals surface area (Å²) >= 11 is 0. The van der Waals surface area contributed by atoms with Crippen molar-refractivity contribution in [3.05, 3.63) is 35.5 Å². The van der Waals surface area contributed by atoms with Crippen molar-refractivity contribution < 1.29 is 4.79 Å². The Labute approximate surface area is 167 Å². The number of benzene rings is 1. The molecule has 4 rings (SSSR count). The minimum absolute atomic E-state index is 0.494. The molecule has 1 aliphatic heterocycles. The van der Waals surface area contributed by atoms with E-state index in [9.17, 15) is 4.79 Å². The normalized spacial score (nSPS) is 17.2. The summed E-state index contributed by atoms with van der Waals surface area (Å²) in [5.74, 6) is 1.68. The average molecular weight is 380 g/mol. The summed E-state index contributed by atoms with van der Waals surface area (Å²) in [5.41, 5.74) is 4.70. The van der Waals surface area contributed by atoms with Gasteiger partial charge in [-0.25, -0.2) is 9.97 Å². The summed E-state index contributed by atoms with van der Waals surface area (Å²) in [6.07, 6.45) is 5.82. The summed E-state index contributed by atoms with van der Waals surface area (Å²) in [4.78, 5) is 25.2. The number of aryl methyl sites for hydroxylation is 1. The summed E-state index contributed by atoms with van der Waals surface area (Å²) in [6.45, 7) is 4.96. The number of hydrogen-bond acceptors (Lipinski definition) is 6. The lowest BCUT2D eigenvalue weighted by atomic mass is 9.96. The van der Waals surface area contributed by atoms with Gasteiger partial charge in [0.15, 0.2) is 5.82 Å². The van der Waals surface area contributed by atoms with E-state index in [0.29, 0.717) is 13.0 Å². The molecule has 0 atom stereocenters. The highest BCUT2D eigenvalue weighted by Crippen LogP contribution is 2.29. The first-order valence-corrected chi connectivity index (χ1v) is 10.4. The van der Waals surface area contributed by atoms with Crippen molar-refractivity contribution in [2.75, 3.05) is 50.0 Å². The van der Waals surface area contributed by atoms with Gasteiger partial charge in [-0.3, -0.25) is 0 Å². The van der Waals surface area contributed by atoms with Gasteiger partial charge in [-0.05, 0) is 57.0 Å². The molecule has 1 saturated heterocycles. The number of hydrogen-bond donors (Lipinski definition) is 1. The standard InChI is InChI=1S/C22H29N5O/c1-26-12-14-27(15-13-26)18-9-7-17(8-10-18)21-24-20-6-3-2-5-19(20)22(25-21)23-11-4-16-28/h7-10,16H,2-6,11-15H2,1H3,(H,23,24,25). The molecule has 0 unspecified atom stereocenters. The van der Waals surface area contributed by atoms with E-state index in [4.69, 9.17) is 9.97 Å². The SMILES string of the molecule is CN1CCN(c2ccc(-c3nc4c(c(NCCC=O)n3)CCCC4)cc2)CC1. The highest BCUT2D eigenvalue weighted by atomic mass is 16.1. The molecule has 2 aliphatic rings. The highest BCUT2D eigenvalue weighted by Gasteiger charge is 2.19. The molecule has 1 aromatic heterocycles. The Morgan fingerprint density at radius 2 is 1.79 bits per heavy atom. The fourth-order valence-corrected chi connectivity index (χ4v) is 4.00. The molecule has 1 N–H and O–H groups in total.